The fourth-order valence-corrected chi connectivity index (χ4v) is 2.74. The lowest BCUT2D eigenvalue weighted by Crippen LogP contribution is -2.24. The van der Waals surface area contributed by atoms with Crippen molar-refractivity contribution in [1.29, 1.82) is 0 Å². The number of aromatic hydroxyl groups is 1. The van der Waals surface area contributed by atoms with Crippen LogP contribution in [0, 0.1) is 6.92 Å². The van der Waals surface area contributed by atoms with Gasteiger partial charge in [0.25, 0.3) is 5.91 Å². The van der Waals surface area contributed by atoms with E-state index < -0.39 is 5.91 Å². The van der Waals surface area contributed by atoms with Gasteiger partial charge in [-0.1, -0.05) is 34.8 Å². The molecule has 2 N–H and O–H groups in total. The molecule has 144 valence electrons. The van der Waals surface area contributed by atoms with Gasteiger partial charge in [0, 0.05) is 11.1 Å². The molecular weight excluding hydrogens is 415 g/mol. The van der Waals surface area contributed by atoms with E-state index in [-0.39, 0.29) is 33.7 Å². The number of nitrogens with zero attached hydrogens (tertiary/aromatic N) is 1. The minimum Gasteiger partial charge on any atom is -0.504 e. The first-order chi connectivity index (χ1) is 12.8. The van der Waals surface area contributed by atoms with Crippen molar-refractivity contribution in [3.63, 3.8) is 0 Å². The van der Waals surface area contributed by atoms with Crippen molar-refractivity contribution in [2.45, 2.75) is 13.8 Å². The summed E-state index contributed by atoms with van der Waals surface area (Å²) >= 11 is 18.0. The third-order valence-electron chi connectivity index (χ3n) is 3.37. The molecule has 0 spiro atoms. The van der Waals surface area contributed by atoms with Crippen LogP contribution in [-0.4, -0.2) is 30.4 Å². The van der Waals surface area contributed by atoms with E-state index in [4.69, 9.17) is 44.3 Å². The summed E-state index contributed by atoms with van der Waals surface area (Å²) < 4.78 is 10.7. The Kier molecular flexibility index (Phi) is 7.59. The number of ether oxygens (including phenoxy) is 2. The lowest BCUT2D eigenvalue weighted by molar-refractivity contribution is -0.123. The minimum absolute atomic E-state index is 0.0867. The Morgan fingerprint density at radius 2 is 1.96 bits per heavy atom. The third-order valence-corrected chi connectivity index (χ3v) is 4.41. The highest BCUT2D eigenvalue weighted by Gasteiger charge is 2.15. The van der Waals surface area contributed by atoms with Crippen molar-refractivity contribution in [1.82, 2.24) is 5.43 Å². The summed E-state index contributed by atoms with van der Waals surface area (Å²) in [6.07, 6.45) is 1.18. The van der Waals surface area contributed by atoms with Crippen LogP contribution in [0.1, 0.15) is 18.1 Å². The molecule has 27 heavy (non-hydrogen) atoms. The monoisotopic (exact) mass is 430 g/mol. The number of carbonyl (C=O) groups is 1. The molecule has 2 rings (SSSR count). The third kappa shape index (κ3) is 5.66. The molecule has 0 aliphatic carbocycles. The molecule has 9 heteroatoms. The fraction of sp³-hybridized carbons (Fsp3) is 0.222. The van der Waals surface area contributed by atoms with Gasteiger partial charge < -0.3 is 14.6 Å². The van der Waals surface area contributed by atoms with E-state index in [0.717, 1.165) is 5.56 Å². The van der Waals surface area contributed by atoms with Gasteiger partial charge >= 0.3 is 0 Å². The molecule has 0 atom stereocenters. The van der Waals surface area contributed by atoms with Crippen molar-refractivity contribution < 1.29 is 19.4 Å². The lowest BCUT2D eigenvalue weighted by atomic mass is 10.2. The molecule has 6 nitrogen and oxygen atoms in total. The number of hydrogen-bond donors (Lipinski definition) is 2. The van der Waals surface area contributed by atoms with E-state index in [1.165, 1.54) is 12.3 Å². The number of hydrogen-bond acceptors (Lipinski definition) is 5. The quantitative estimate of drug-likeness (QED) is 0.496. The highest BCUT2D eigenvalue weighted by molar-refractivity contribution is 6.43. The molecule has 0 radical (unpaired) electrons. The molecule has 0 aromatic heterocycles. The Hall–Kier alpha value is -2.15. The van der Waals surface area contributed by atoms with Crippen LogP contribution in [0.25, 0.3) is 0 Å². The zero-order valence-corrected chi connectivity index (χ0v) is 16.8. The number of halogens is 3. The molecule has 2 aromatic rings. The van der Waals surface area contributed by atoms with E-state index in [1.807, 2.05) is 6.92 Å². The van der Waals surface area contributed by atoms with Crippen LogP contribution < -0.4 is 14.9 Å². The molecule has 0 aliphatic rings. The van der Waals surface area contributed by atoms with Gasteiger partial charge in [-0.05, 0) is 37.6 Å². The average Bonchev–Trinajstić information content (AvgIpc) is 2.62. The van der Waals surface area contributed by atoms with Gasteiger partial charge in [0.05, 0.1) is 28.4 Å². The van der Waals surface area contributed by atoms with Crippen molar-refractivity contribution in [2.75, 3.05) is 13.2 Å². The Labute approximate surface area is 171 Å². The average molecular weight is 432 g/mol. The maximum atomic E-state index is 11.9. The van der Waals surface area contributed by atoms with Crippen LogP contribution in [-0.2, 0) is 4.79 Å². The summed E-state index contributed by atoms with van der Waals surface area (Å²) in [7, 11) is 0. The Morgan fingerprint density at radius 3 is 2.63 bits per heavy atom. The molecule has 2 aromatic carbocycles. The van der Waals surface area contributed by atoms with Crippen molar-refractivity contribution in [3.8, 4) is 17.2 Å². The molecule has 1 amide bonds. The number of nitrogens with one attached hydrogen (secondary N) is 1. The summed E-state index contributed by atoms with van der Waals surface area (Å²) in [5, 5.41) is 14.8. The SMILES string of the molecule is CCOc1cc(Cl)c(Cl)c(C=NNC(=O)COc2ccc(Cl)cc2C)c1O. The Morgan fingerprint density at radius 1 is 1.22 bits per heavy atom. The second-order valence-corrected chi connectivity index (χ2v) is 6.58. The van der Waals surface area contributed by atoms with Gasteiger partial charge in [-0.3, -0.25) is 4.79 Å². The van der Waals surface area contributed by atoms with E-state index in [9.17, 15) is 9.90 Å². The largest absolute Gasteiger partial charge is 0.504 e. The standard InChI is InChI=1S/C18H17Cl3N2O4/c1-3-26-15-7-13(20)17(21)12(18(15)25)8-22-23-16(24)9-27-14-5-4-11(19)6-10(14)2/h4-8,25H,3,9H2,1-2H3,(H,23,24). The predicted octanol–water partition coefficient (Wildman–Crippen LogP) is 4.59. The van der Waals surface area contributed by atoms with Crippen molar-refractivity contribution in [3.05, 3.63) is 50.5 Å². The first kappa shape index (κ1) is 21.2. The van der Waals surface area contributed by atoms with Gasteiger partial charge in [-0.25, -0.2) is 5.43 Å². The van der Waals surface area contributed by atoms with E-state index in [2.05, 4.69) is 10.5 Å². The van der Waals surface area contributed by atoms with Crippen LogP contribution in [0.3, 0.4) is 0 Å². The molecule has 0 aliphatic heterocycles. The normalized spacial score (nSPS) is 10.9. The maximum Gasteiger partial charge on any atom is 0.277 e. The zero-order valence-electron chi connectivity index (χ0n) is 14.6. The van der Waals surface area contributed by atoms with Gasteiger partial charge in [-0.15, -0.1) is 0 Å². The second kappa shape index (κ2) is 9.69. The highest BCUT2D eigenvalue weighted by atomic mass is 35.5. The number of phenolic OH excluding ortho intramolecular Hbond substituents is 1. The van der Waals surface area contributed by atoms with Crippen molar-refractivity contribution in [2.24, 2.45) is 5.10 Å². The van der Waals surface area contributed by atoms with Crippen molar-refractivity contribution >= 4 is 46.9 Å². The first-order valence-corrected chi connectivity index (χ1v) is 9.01. The van der Waals surface area contributed by atoms with Gasteiger partial charge in [0.1, 0.15) is 5.75 Å². The van der Waals surface area contributed by atoms with Crippen LogP contribution in [0.2, 0.25) is 15.1 Å². The van der Waals surface area contributed by atoms with E-state index in [1.54, 1.807) is 25.1 Å². The maximum absolute atomic E-state index is 11.9. The number of phenols is 1. The van der Waals surface area contributed by atoms with Gasteiger partial charge in [0.2, 0.25) is 0 Å². The highest BCUT2D eigenvalue weighted by Crippen LogP contribution is 2.39. The Balaban J connectivity index is 2.01. The molecule has 0 unspecified atom stereocenters. The van der Waals surface area contributed by atoms with Crippen LogP contribution in [0.5, 0.6) is 17.2 Å². The van der Waals surface area contributed by atoms with Gasteiger partial charge in [-0.2, -0.15) is 5.10 Å². The molecule has 0 saturated carbocycles. The minimum atomic E-state index is -0.497. The number of hydrazone groups is 1. The molecule has 0 saturated heterocycles. The fourth-order valence-electron chi connectivity index (χ4n) is 2.11. The molecule has 0 fully saturated rings. The van der Waals surface area contributed by atoms with E-state index >= 15 is 0 Å². The first-order valence-electron chi connectivity index (χ1n) is 7.88. The summed E-state index contributed by atoms with van der Waals surface area (Å²) in [6, 6.07) is 6.47. The summed E-state index contributed by atoms with van der Waals surface area (Å²) in [5.41, 5.74) is 3.21. The number of rotatable bonds is 7. The van der Waals surface area contributed by atoms with Crippen LogP contribution >= 0.6 is 34.8 Å². The molecular formula is C18H17Cl3N2O4. The molecule has 0 heterocycles. The van der Waals surface area contributed by atoms with Crippen LogP contribution in [0.4, 0.5) is 0 Å². The van der Waals surface area contributed by atoms with Crippen LogP contribution in [0.15, 0.2) is 29.4 Å². The number of aryl methyl sites for hydroxylation is 1. The number of benzene rings is 2. The van der Waals surface area contributed by atoms with E-state index in [0.29, 0.717) is 17.4 Å². The smallest absolute Gasteiger partial charge is 0.277 e. The number of carbonyl (C=O) groups excluding carboxylic acids is 1. The number of amides is 1. The summed E-state index contributed by atoms with van der Waals surface area (Å²) in [4.78, 5) is 11.9. The topological polar surface area (TPSA) is 80.2 Å². The summed E-state index contributed by atoms with van der Waals surface area (Å²) in [6.45, 7) is 3.66. The predicted molar refractivity (Wildman–Crippen MR) is 107 cm³/mol. The second-order valence-electron chi connectivity index (χ2n) is 5.36. The van der Waals surface area contributed by atoms with Gasteiger partial charge in [0.15, 0.2) is 18.1 Å². The molecule has 0 bridgehead atoms. The zero-order chi connectivity index (χ0) is 20.0. The Bertz CT molecular complexity index is 872. The lowest BCUT2D eigenvalue weighted by Gasteiger charge is -2.11. The summed E-state index contributed by atoms with van der Waals surface area (Å²) in [5.74, 6) is -0.0165.